The molecule has 0 aliphatic carbocycles. The first-order valence-corrected chi connectivity index (χ1v) is 10.4. The second-order valence-electron chi connectivity index (χ2n) is 7.29. The molecular formula is C22H23BrClFN4O. The fourth-order valence-corrected chi connectivity index (χ4v) is 4.03. The highest BCUT2D eigenvalue weighted by Crippen LogP contribution is 2.31. The molecule has 1 aromatic heterocycles. The summed E-state index contributed by atoms with van der Waals surface area (Å²) in [5.74, 6) is -0.629. The number of carbonyl (C=O) groups excluding carboxylic acids is 1. The third kappa shape index (κ3) is 4.74. The lowest BCUT2D eigenvalue weighted by atomic mass is 9.91. The summed E-state index contributed by atoms with van der Waals surface area (Å²) < 4.78 is 16.7. The normalized spacial score (nSPS) is 14.2. The SMILES string of the molecule is Cc1ccc(-n2ncc(C(=O)Nc3ccc(Br)cc3F)c2C2CCNCC2)cc1.Cl. The van der Waals surface area contributed by atoms with Crippen molar-refractivity contribution >= 4 is 39.9 Å². The van der Waals surface area contributed by atoms with Crippen molar-refractivity contribution in [3.63, 3.8) is 0 Å². The molecule has 1 aliphatic heterocycles. The third-order valence-electron chi connectivity index (χ3n) is 5.23. The molecule has 2 aromatic carbocycles. The van der Waals surface area contributed by atoms with Crippen LogP contribution in [0.2, 0.25) is 0 Å². The number of piperidine rings is 1. The van der Waals surface area contributed by atoms with E-state index in [0.29, 0.717) is 10.0 Å². The van der Waals surface area contributed by atoms with Crippen molar-refractivity contribution in [2.24, 2.45) is 0 Å². The molecule has 8 heteroatoms. The van der Waals surface area contributed by atoms with Gasteiger partial charge in [-0.15, -0.1) is 12.4 Å². The summed E-state index contributed by atoms with van der Waals surface area (Å²) in [7, 11) is 0. The quantitative estimate of drug-likeness (QED) is 0.524. The van der Waals surface area contributed by atoms with E-state index in [0.717, 1.165) is 42.9 Å². The Bertz CT molecular complexity index is 1030. The number of nitrogens with zero attached hydrogens (tertiary/aromatic N) is 2. The minimum absolute atomic E-state index is 0. The molecule has 2 heterocycles. The van der Waals surface area contributed by atoms with Crippen molar-refractivity contribution in [2.75, 3.05) is 18.4 Å². The summed E-state index contributed by atoms with van der Waals surface area (Å²) in [5.41, 5.74) is 3.59. The van der Waals surface area contributed by atoms with Gasteiger partial charge in [-0.25, -0.2) is 9.07 Å². The van der Waals surface area contributed by atoms with Crippen molar-refractivity contribution in [2.45, 2.75) is 25.7 Å². The maximum Gasteiger partial charge on any atom is 0.259 e. The first-order chi connectivity index (χ1) is 14.0. The number of carbonyl (C=O) groups is 1. The third-order valence-corrected chi connectivity index (χ3v) is 5.73. The van der Waals surface area contributed by atoms with Crippen LogP contribution in [0.25, 0.3) is 5.69 Å². The highest BCUT2D eigenvalue weighted by atomic mass is 79.9. The van der Waals surface area contributed by atoms with E-state index >= 15 is 0 Å². The average molecular weight is 494 g/mol. The predicted molar refractivity (Wildman–Crippen MR) is 122 cm³/mol. The topological polar surface area (TPSA) is 59.0 Å². The molecule has 1 fully saturated rings. The molecule has 5 nitrogen and oxygen atoms in total. The summed E-state index contributed by atoms with van der Waals surface area (Å²) in [6, 6.07) is 12.6. The molecule has 0 bridgehead atoms. The Morgan fingerprint density at radius 3 is 2.57 bits per heavy atom. The van der Waals surface area contributed by atoms with Crippen LogP contribution in [-0.4, -0.2) is 28.8 Å². The Kier molecular flexibility index (Phi) is 7.28. The Labute approximate surface area is 189 Å². The first-order valence-electron chi connectivity index (χ1n) is 9.65. The van der Waals surface area contributed by atoms with Crippen molar-refractivity contribution in [3.8, 4) is 5.69 Å². The summed E-state index contributed by atoms with van der Waals surface area (Å²) in [6.45, 7) is 3.82. The standard InChI is InChI=1S/C22H22BrFN4O.ClH/c1-14-2-5-17(6-3-14)28-21(15-8-10-25-11-9-15)18(13-26-28)22(29)27-20-7-4-16(23)12-19(20)24;/h2-7,12-13,15,25H,8-11H2,1H3,(H,27,29);1H. The number of rotatable bonds is 4. The number of anilines is 1. The molecule has 0 saturated carbocycles. The molecule has 1 amide bonds. The van der Waals surface area contributed by atoms with Crippen LogP contribution < -0.4 is 10.6 Å². The minimum Gasteiger partial charge on any atom is -0.319 e. The number of hydrogen-bond acceptors (Lipinski definition) is 3. The minimum atomic E-state index is -0.484. The van der Waals surface area contributed by atoms with E-state index in [1.807, 2.05) is 35.9 Å². The molecule has 30 heavy (non-hydrogen) atoms. The van der Waals surface area contributed by atoms with Gasteiger partial charge in [0.1, 0.15) is 5.82 Å². The van der Waals surface area contributed by atoms with E-state index < -0.39 is 5.82 Å². The molecule has 0 spiro atoms. The van der Waals surface area contributed by atoms with Gasteiger partial charge in [-0.1, -0.05) is 33.6 Å². The molecule has 1 saturated heterocycles. The monoisotopic (exact) mass is 492 g/mol. The van der Waals surface area contributed by atoms with E-state index in [-0.39, 0.29) is 29.9 Å². The molecule has 158 valence electrons. The van der Waals surface area contributed by atoms with E-state index in [2.05, 4.69) is 31.7 Å². The van der Waals surface area contributed by atoms with Crippen LogP contribution in [0.1, 0.15) is 40.4 Å². The zero-order chi connectivity index (χ0) is 20.4. The van der Waals surface area contributed by atoms with Crippen LogP contribution in [-0.2, 0) is 0 Å². The fraction of sp³-hybridized carbons (Fsp3) is 0.273. The van der Waals surface area contributed by atoms with Crippen molar-refractivity contribution in [1.82, 2.24) is 15.1 Å². The van der Waals surface area contributed by atoms with E-state index in [1.54, 1.807) is 18.3 Å². The van der Waals surface area contributed by atoms with Crippen molar-refractivity contribution in [3.05, 3.63) is 75.8 Å². The van der Waals surface area contributed by atoms with E-state index in [9.17, 15) is 9.18 Å². The van der Waals surface area contributed by atoms with Gasteiger partial charge in [-0.2, -0.15) is 5.10 Å². The summed E-state index contributed by atoms with van der Waals surface area (Å²) in [5, 5.41) is 10.6. The van der Waals surface area contributed by atoms with Crippen LogP contribution in [0.15, 0.2) is 53.1 Å². The molecule has 4 rings (SSSR count). The number of aromatic nitrogens is 2. The van der Waals surface area contributed by atoms with E-state index in [4.69, 9.17) is 0 Å². The lowest BCUT2D eigenvalue weighted by Crippen LogP contribution is -2.29. The molecule has 0 unspecified atom stereocenters. The van der Waals surface area contributed by atoms with Crippen LogP contribution in [0.4, 0.5) is 10.1 Å². The van der Waals surface area contributed by atoms with Crippen LogP contribution in [0, 0.1) is 12.7 Å². The van der Waals surface area contributed by atoms with Crippen LogP contribution in [0.3, 0.4) is 0 Å². The number of benzene rings is 2. The molecular weight excluding hydrogens is 471 g/mol. The molecule has 2 N–H and O–H groups in total. The number of aryl methyl sites for hydroxylation is 1. The maximum atomic E-state index is 14.2. The van der Waals surface area contributed by atoms with Gasteiger partial charge in [-0.05, 0) is 63.2 Å². The summed E-state index contributed by atoms with van der Waals surface area (Å²) in [6.07, 6.45) is 3.43. The zero-order valence-corrected chi connectivity index (χ0v) is 18.9. The largest absolute Gasteiger partial charge is 0.319 e. The van der Waals surface area contributed by atoms with Crippen LogP contribution in [0.5, 0.6) is 0 Å². The fourth-order valence-electron chi connectivity index (χ4n) is 3.69. The number of halogens is 3. The zero-order valence-electron chi connectivity index (χ0n) is 16.5. The van der Waals surface area contributed by atoms with Gasteiger partial charge >= 0.3 is 0 Å². The average Bonchev–Trinajstić information content (AvgIpc) is 3.16. The van der Waals surface area contributed by atoms with Gasteiger partial charge in [0, 0.05) is 10.4 Å². The number of nitrogens with one attached hydrogen (secondary N) is 2. The highest BCUT2D eigenvalue weighted by Gasteiger charge is 2.27. The Balaban J connectivity index is 0.00000256. The van der Waals surface area contributed by atoms with Gasteiger partial charge in [0.2, 0.25) is 0 Å². The molecule has 1 aliphatic rings. The van der Waals surface area contributed by atoms with Gasteiger partial charge in [0.05, 0.1) is 28.8 Å². The molecule has 0 atom stereocenters. The highest BCUT2D eigenvalue weighted by molar-refractivity contribution is 9.10. The second-order valence-corrected chi connectivity index (χ2v) is 8.21. The first kappa shape index (κ1) is 22.5. The number of hydrogen-bond donors (Lipinski definition) is 2. The van der Waals surface area contributed by atoms with Gasteiger partial charge in [0.15, 0.2) is 0 Å². The molecule has 0 radical (unpaired) electrons. The van der Waals surface area contributed by atoms with Gasteiger partial charge < -0.3 is 10.6 Å². The van der Waals surface area contributed by atoms with Crippen molar-refractivity contribution in [1.29, 1.82) is 0 Å². The lowest BCUT2D eigenvalue weighted by Gasteiger charge is -2.24. The summed E-state index contributed by atoms with van der Waals surface area (Å²) >= 11 is 3.23. The van der Waals surface area contributed by atoms with E-state index in [1.165, 1.54) is 6.07 Å². The predicted octanol–water partition coefficient (Wildman–Crippen LogP) is 5.22. The number of amides is 1. The summed E-state index contributed by atoms with van der Waals surface area (Å²) in [4.78, 5) is 13.1. The van der Waals surface area contributed by atoms with Crippen molar-refractivity contribution < 1.29 is 9.18 Å². The Morgan fingerprint density at radius 2 is 1.90 bits per heavy atom. The molecule has 3 aromatic rings. The smallest absolute Gasteiger partial charge is 0.259 e. The van der Waals surface area contributed by atoms with Gasteiger partial charge in [0.25, 0.3) is 5.91 Å². The second kappa shape index (κ2) is 9.73. The Morgan fingerprint density at radius 1 is 1.20 bits per heavy atom. The maximum absolute atomic E-state index is 14.2. The lowest BCUT2D eigenvalue weighted by molar-refractivity contribution is 0.102. The van der Waals surface area contributed by atoms with Gasteiger partial charge in [-0.3, -0.25) is 4.79 Å². The van der Waals surface area contributed by atoms with Crippen LogP contribution >= 0.6 is 28.3 Å². The Hall–Kier alpha value is -2.22.